The van der Waals surface area contributed by atoms with Crippen LogP contribution in [-0.2, 0) is 13.0 Å². The van der Waals surface area contributed by atoms with Crippen LogP contribution >= 0.6 is 11.3 Å². The van der Waals surface area contributed by atoms with E-state index in [1.165, 1.54) is 43.1 Å². The van der Waals surface area contributed by atoms with E-state index in [4.69, 9.17) is 0 Å². The van der Waals surface area contributed by atoms with Crippen LogP contribution < -0.4 is 5.32 Å². The highest BCUT2D eigenvalue weighted by atomic mass is 32.1. The molecule has 1 unspecified atom stereocenters. The first kappa shape index (κ1) is 14.0. The molecule has 0 bridgehead atoms. The average molecular weight is 267 g/mol. The molecule has 1 N–H and O–H groups in total. The fraction of sp³-hybridized carbons (Fsp3) is 0.786. The van der Waals surface area contributed by atoms with Crippen LogP contribution in [0.2, 0.25) is 0 Å². The molecule has 1 atom stereocenters. The van der Waals surface area contributed by atoms with Gasteiger partial charge < -0.3 is 10.2 Å². The summed E-state index contributed by atoms with van der Waals surface area (Å²) in [7, 11) is 0. The molecule has 102 valence electrons. The molecular formula is C14H25N3S. The van der Waals surface area contributed by atoms with Gasteiger partial charge in [-0.3, -0.25) is 0 Å². The molecule has 0 aromatic carbocycles. The Kier molecular flexibility index (Phi) is 5.60. The van der Waals surface area contributed by atoms with Crippen molar-refractivity contribution in [2.24, 2.45) is 0 Å². The Morgan fingerprint density at radius 3 is 3.17 bits per heavy atom. The Hall–Kier alpha value is -0.450. The van der Waals surface area contributed by atoms with E-state index in [1.54, 1.807) is 0 Å². The molecule has 2 heterocycles. The third-order valence-electron chi connectivity index (χ3n) is 3.71. The second kappa shape index (κ2) is 7.22. The maximum atomic E-state index is 4.69. The highest BCUT2D eigenvalue weighted by Crippen LogP contribution is 2.18. The highest BCUT2D eigenvalue weighted by Gasteiger charge is 2.17. The quantitative estimate of drug-likeness (QED) is 0.859. The predicted octanol–water partition coefficient (Wildman–Crippen LogP) is 2.67. The van der Waals surface area contributed by atoms with Gasteiger partial charge in [0.15, 0.2) is 0 Å². The first-order valence-corrected chi connectivity index (χ1v) is 8.05. The van der Waals surface area contributed by atoms with Crippen LogP contribution in [0.25, 0.3) is 0 Å². The fourth-order valence-electron chi connectivity index (χ4n) is 2.53. The molecule has 0 saturated carbocycles. The molecule has 0 radical (unpaired) electrons. The molecular weight excluding hydrogens is 242 g/mol. The monoisotopic (exact) mass is 267 g/mol. The van der Waals surface area contributed by atoms with E-state index in [0.29, 0.717) is 0 Å². The van der Waals surface area contributed by atoms with Gasteiger partial charge in [0, 0.05) is 30.9 Å². The first-order chi connectivity index (χ1) is 8.79. The number of nitrogens with one attached hydrogen (secondary N) is 1. The van der Waals surface area contributed by atoms with Crippen molar-refractivity contribution in [2.45, 2.75) is 52.1 Å². The Morgan fingerprint density at radius 1 is 1.50 bits per heavy atom. The SMILES string of the molecule is CCNCc1csc(CCN2CCCCC2C)n1. The van der Waals surface area contributed by atoms with Gasteiger partial charge in [0.1, 0.15) is 0 Å². The number of hydrogen-bond donors (Lipinski definition) is 1. The lowest BCUT2D eigenvalue weighted by Gasteiger charge is -2.32. The van der Waals surface area contributed by atoms with Gasteiger partial charge in [0.2, 0.25) is 0 Å². The fourth-order valence-corrected chi connectivity index (χ4v) is 3.31. The van der Waals surface area contributed by atoms with Crippen molar-refractivity contribution in [3.63, 3.8) is 0 Å². The Bertz CT molecular complexity index is 351. The third kappa shape index (κ3) is 4.04. The van der Waals surface area contributed by atoms with Gasteiger partial charge in [-0.1, -0.05) is 13.3 Å². The van der Waals surface area contributed by atoms with E-state index in [-0.39, 0.29) is 0 Å². The summed E-state index contributed by atoms with van der Waals surface area (Å²) in [5.74, 6) is 0. The van der Waals surface area contributed by atoms with Crippen molar-refractivity contribution in [3.8, 4) is 0 Å². The van der Waals surface area contributed by atoms with Gasteiger partial charge in [0.05, 0.1) is 10.7 Å². The van der Waals surface area contributed by atoms with Gasteiger partial charge in [-0.05, 0) is 32.9 Å². The first-order valence-electron chi connectivity index (χ1n) is 7.17. The number of likely N-dealkylation sites (tertiary alicyclic amines) is 1. The predicted molar refractivity (Wildman–Crippen MR) is 78.1 cm³/mol. The van der Waals surface area contributed by atoms with E-state index >= 15 is 0 Å². The summed E-state index contributed by atoms with van der Waals surface area (Å²) >= 11 is 1.81. The van der Waals surface area contributed by atoms with E-state index in [0.717, 1.165) is 25.6 Å². The maximum absolute atomic E-state index is 4.69. The highest BCUT2D eigenvalue weighted by molar-refractivity contribution is 7.09. The topological polar surface area (TPSA) is 28.2 Å². The number of rotatable bonds is 6. The lowest BCUT2D eigenvalue weighted by Crippen LogP contribution is -2.38. The van der Waals surface area contributed by atoms with Crippen molar-refractivity contribution < 1.29 is 0 Å². The number of hydrogen-bond acceptors (Lipinski definition) is 4. The Labute approximate surface area is 115 Å². The molecule has 1 aromatic heterocycles. The van der Waals surface area contributed by atoms with Crippen LogP contribution in [0.1, 0.15) is 43.8 Å². The van der Waals surface area contributed by atoms with Crippen LogP contribution in [-0.4, -0.2) is 35.6 Å². The summed E-state index contributed by atoms with van der Waals surface area (Å²) in [5, 5.41) is 6.81. The number of nitrogens with zero attached hydrogens (tertiary/aromatic N) is 2. The molecule has 4 heteroatoms. The maximum Gasteiger partial charge on any atom is 0.0941 e. The zero-order chi connectivity index (χ0) is 12.8. The average Bonchev–Trinajstić information content (AvgIpc) is 2.83. The molecule has 1 fully saturated rings. The molecule has 0 amide bonds. The summed E-state index contributed by atoms with van der Waals surface area (Å²) in [5.41, 5.74) is 1.20. The second-order valence-electron chi connectivity index (χ2n) is 5.14. The van der Waals surface area contributed by atoms with E-state index < -0.39 is 0 Å². The van der Waals surface area contributed by atoms with E-state index in [9.17, 15) is 0 Å². The van der Waals surface area contributed by atoms with Crippen molar-refractivity contribution >= 4 is 11.3 Å². The summed E-state index contributed by atoms with van der Waals surface area (Å²) < 4.78 is 0. The lowest BCUT2D eigenvalue weighted by atomic mass is 10.0. The minimum absolute atomic E-state index is 0.764. The number of piperidine rings is 1. The van der Waals surface area contributed by atoms with E-state index in [2.05, 4.69) is 34.4 Å². The second-order valence-corrected chi connectivity index (χ2v) is 6.09. The number of aromatic nitrogens is 1. The van der Waals surface area contributed by atoms with Gasteiger partial charge >= 0.3 is 0 Å². The molecule has 3 nitrogen and oxygen atoms in total. The molecule has 0 aliphatic carbocycles. The van der Waals surface area contributed by atoms with Crippen molar-refractivity contribution in [2.75, 3.05) is 19.6 Å². The third-order valence-corrected chi connectivity index (χ3v) is 4.67. The molecule has 1 aromatic rings. The summed E-state index contributed by atoms with van der Waals surface area (Å²) in [6.45, 7) is 8.86. The van der Waals surface area contributed by atoms with Crippen molar-refractivity contribution in [3.05, 3.63) is 16.1 Å². The van der Waals surface area contributed by atoms with Crippen LogP contribution in [0.3, 0.4) is 0 Å². The van der Waals surface area contributed by atoms with Crippen LogP contribution in [0, 0.1) is 0 Å². The zero-order valence-corrected chi connectivity index (χ0v) is 12.4. The number of thiazole rings is 1. The van der Waals surface area contributed by atoms with Gasteiger partial charge in [-0.15, -0.1) is 11.3 Å². The minimum Gasteiger partial charge on any atom is -0.311 e. The molecule has 1 aliphatic heterocycles. The molecule has 1 saturated heterocycles. The van der Waals surface area contributed by atoms with Gasteiger partial charge in [-0.25, -0.2) is 4.98 Å². The van der Waals surface area contributed by atoms with Gasteiger partial charge in [-0.2, -0.15) is 0 Å². The lowest BCUT2D eigenvalue weighted by molar-refractivity contribution is 0.163. The Balaban J connectivity index is 1.77. The van der Waals surface area contributed by atoms with E-state index in [1.807, 2.05) is 11.3 Å². The van der Waals surface area contributed by atoms with Crippen LogP contribution in [0.5, 0.6) is 0 Å². The Morgan fingerprint density at radius 2 is 2.39 bits per heavy atom. The zero-order valence-electron chi connectivity index (χ0n) is 11.6. The minimum atomic E-state index is 0.764. The molecule has 18 heavy (non-hydrogen) atoms. The normalized spacial score (nSPS) is 21.3. The summed E-state index contributed by atoms with van der Waals surface area (Å²) in [6, 6.07) is 0.764. The summed E-state index contributed by atoms with van der Waals surface area (Å²) in [4.78, 5) is 7.31. The summed E-state index contributed by atoms with van der Waals surface area (Å²) in [6.07, 6.45) is 5.25. The van der Waals surface area contributed by atoms with Crippen molar-refractivity contribution in [1.29, 1.82) is 0 Å². The smallest absolute Gasteiger partial charge is 0.0941 e. The molecule has 2 rings (SSSR count). The van der Waals surface area contributed by atoms with Crippen molar-refractivity contribution in [1.82, 2.24) is 15.2 Å². The molecule has 1 aliphatic rings. The standard InChI is InChI=1S/C14H25N3S/c1-3-15-10-13-11-18-14(16-13)7-9-17-8-5-4-6-12(17)2/h11-12,15H,3-10H2,1-2H3. The van der Waals surface area contributed by atoms with Gasteiger partial charge in [0.25, 0.3) is 0 Å². The largest absolute Gasteiger partial charge is 0.311 e. The van der Waals surface area contributed by atoms with Crippen LogP contribution in [0.4, 0.5) is 0 Å². The molecule has 0 spiro atoms. The van der Waals surface area contributed by atoms with Crippen LogP contribution in [0.15, 0.2) is 5.38 Å².